The lowest BCUT2D eigenvalue weighted by Gasteiger charge is -2.09. The van der Waals surface area contributed by atoms with Gasteiger partial charge in [-0.1, -0.05) is 0 Å². The molecule has 2 aromatic rings. The van der Waals surface area contributed by atoms with Crippen LogP contribution in [0.25, 0.3) is 0 Å². The molecule has 0 atom stereocenters. The van der Waals surface area contributed by atoms with E-state index in [0.717, 1.165) is 6.07 Å². The first-order valence-corrected chi connectivity index (χ1v) is 6.92. The van der Waals surface area contributed by atoms with Gasteiger partial charge in [-0.3, -0.25) is 4.79 Å². The van der Waals surface area contributed by atoms with Crippen LogP contribution in [0.3, 0.4) is 0 Å². The molecule has 0 saturated heterocycles. The number of nitrogens with one attached hydrogen (secondary N) is 1. The first-order chi connectivity index (χ1) is 10.7. The van der Waals surface area contributed by atoms with Crippen LogP contribution in [0.2, 0.25) is 0 Å². The molecular formula is C15H11ClFNO4. The summed E-state index contributed by atoms with van der Waals surface area (Å²) in [7, 11) is 0. The highest BCUT2D eigenvalue weighted by molar-refractivity contribution is 6.29. The Labute approximate surface area is 130 Å². The fourth-order valence-electron chi connectivity index (χ4n) is 1.92. The topological polar surface area (TPSA) is 56.8 Å². The third-order valence-corrected chi connectivity index (χ3v) is 3.15. The van der Waals surface area contributed by atoms with Gasteiger partial charge in [0.1, 0.15) is 11.6 Å². The van der Waals surface area contributed by atoms with E-state index in [0.29, 0.717) is 22.9 Å². The Morgan fingerprint density at radius 1 is 1.23 bits per heavy atom. The summed E-state index contributed by atoms with van der Waals surface area (Å²) in [5.74, 6) is 0.395. The van der Waals surface area contributed by atoms with Gasteiger partial charge in [-0.25, -0.2) is 4.39 Å². The Hall–Kier alpha value is -2.47. The molecule has 0 bridgehead atoms. The van der Waals surface area contributed by atoms with Crippen LogP contribution in [0.15, 0.2) is 36.4 Å². The first-order valence-electron chi connectivity index (χ1n) is 6.38. The van der Waals surface area contributed by atoms with Crippen LogP contribution in [-0.2, 0) is 4.79 Å². The van der Waals surface area contributed by atoms with Crippen molar-refractivity contribution in [2.75, 3.05) is 18.0 Å². The molecule has 1 aliphatic rings. The average molecular weight is 324 g/mol. The number of fused-ring (bicyclic) bond motifs is 1. The number of ether oxygens (including phenoxy) is 3. The predicted octanol–water partition coefficient (Wildman–Crippen LogP) is 3.52. The largest absolute Gasteiger partial charge is 0.454 e. The number of halogens is 2. The summed E-state index contributed by atoms with van der Waals surface area (Å²) >= 11 is 5.37. The zero-order valence-electron chi connectivity index (χ0n) is 11.3. The monoisotopic (exact) mass is 323 g/mol. The van der Waals surface area contributed by atoms with Gasteiger partial charge >= 0.3 is 0 Å². The van der Waals surface area contributed by atoms with Gasteiger partial charge in [0.2, 0.25) is 12.7 Å². The van der Waals surface area contributed by atoms with Gasteiger partial charge in [-0.2, -0.15) is 0 Å². The average Bonchev–Trinajstić information content (AvgIpc) is 2.97. The quantitative estimate of drug-likeness (QED) is 0.875. The Bertz CT molecular complexity index is 723. The molecular weight excluding hydrogens is 313 g/mol. The zero-order valence-corrected chi connectivity index (χ0v) is 12.0. The van der Waals surface area contributed by atoms with E-state index in [4.69, 9.17) is 25.8 Å². The third kappa shape index (κ3) is 3.07. The van der Waals surface area contributed by atoms with Crippen molar-refractivity contribution in [3.63, 3.8) is 0 Å². The first kappa shape index (κ1) is 14.5. The Morgan fingerprint density at radius 2 is 2.05 bits per heavy atom. The minimum atomic E-state index is -0.606. The van der Waals surface area contributed by atoms with E-state index >= 15 is 0 Å². The Balaban J connectivity index is 1.76. The summed E-state index contributed by atoms with van der Waals surface area (Å²) < 4.78 is 29.9. The Kier molecular flexibility index (Phi) is 4.02. The van der Waals surface area contributed by atoms with E-state index < -0.39 is 11.7 Å². The van der Waals surface area contributed by atoms with E-state index in [1.54, 1.807) is 18.2 Å². The van der Waals surface area contributed by atoms with Crippen molar-refractivity contribution < 1.29 is 23.4 Å². The second-order valence-corrected chi connectivity index (χ2v) is 4.71. The number of carbonyl (C=O) groups excluding carboxylic acids is 1. The summed E-state index contributed by atoms with van der Waals surface area (Å²) in [6.45, 7) is 0.155. The van der Waals surface area contributed by atoms with Crippen LogP contribution in [0.1, 0.15) is 0 Å². The van der Waals surface area contributed by atoms with Crippen molar-refractivity contribution in [3.8, 4) is 23.0 Å². The second kappa shape index (κ2) is 6.11. The molecule has 1 heterocycles. The van der Waals surface area contributed by atoms with Gasteiger partial charge in [-0.05, 0) is 24.3 Å². The molecule has 0 fully saturated rings. The number of hydrogen-bond donors (Lipinski definition) is 1. The highest BCUT2D eigenvalue weighted by Crippen LogP contribution is 2.37. The molecule has 0 unspecified atom stereocenters. The van der Waals surface area contributed by atoms with Crippen molar-refractivity contribution in [1.82, 2.24) is 0 Å². The summed E-state index contributed by atoms with van der Waals surface area (Å²) in [5.41, 5.74) is 0.307. The summed E-state index contributed by atoms with van der Waals surface area (Å²) in [5, 5.41) is 2.45. The summed E-state index contributed by atoms with van der Waals surface area (Å²) in [6, 6.07) is 9.05. The summed E-state index contributed by atoms with van der Waals surface area (Å²) in [4.78, 5) is 11.2. The normalized spacial score (nSPS) is 12.1. The smallest absolute Gasteiger partial charge is 0.239 e. The van der Waals surface area contributed by atoms with Crippen molar-refractivity contribution in [2.45, 2.75) is 0 Å². The van der Waals surface area contributed by atoms with Crippen LogP contribution in [-0.4, -0.2) is 18.6 Å². The van der Waals surface area contributed by atoms with Crippen LogP contribution in [0.5, 0.6) is 23.0 Å². The van der Waals surface area contributed by atoms with E-state index in [2.05, 4.69) is 5.32 Å². The highest BCUT2D eigenvalue weighted by Gasteiger charge is 2.15. The number of alkyl halides is 1. The third-order valence-electron chi connectivity index (χ3n) is 2.91. The highest BCUT2D eigenvalue weighted by atomic mass is 35.5. The van der Waals surface area contributed by atoms with E-state index in [1.807, 2.05) is 0 Å². The number of rotatable bonds is 4. The maximum absolute atomic E-state index is 14.0. The van der Waals surface area contributed by atoms with Gasteiger partial charge in [-0.15, -0.1) is 11.6 Å². The van der Waals surface area contributed by atoms with Crippen LogP contribution < -0.4 is 19.5 Å². The minimum Gasteiger partial charge on any atom is -0.454 e. The lowest BCUT2D eigenvalue weighted by Crippen LogP contribution is -2.12. The number of anilines is 1. The van der Waals surface area contributed by atoms with Gasteiger partial charge in [0.15, 0.2) is 23.1 Å². The fourth-order valence-corrected chi connectivity index (χ4v) is 1.99. The zero-order chi connectivity index (χ0) is 15.5. The molecule has 2 aromatic carbocycles. The van der Waals surface area contributed by atoms with Crippen molar-refractivity contribution in [3.05, 3.63) is 42.2 Å². The molecule has 1 N–H and O–H groups in total. The molecule has 3 rings (SSSR count). The van der Waals surface area contributed by atoms with Crippen LogP contribution >= 0.6 is 11.6 Å². The van der Waals surface area contributed by atoms with E-state index in [9.17, 15) is 9.18 Å². The van der Waals surface area contributed by atoms with Crippen LogP contribution in [0.4, 0.5) is 10.1 Å². The van der Waals surface area contributed by atoms with E-state index in [1.165, 1.54) is 12.1 Å². The molecule has 0 aliphatic carbocycles. The van der Waals surface area contributed by atoms with Crippen LogP contribution in [0, 0.1) is 5.82 Å². The SMILES string of the molecule is O=C(CCl)Nc1ccc(Oc2ccc3c(c2)OCO3)c(F)c1. The van der Waals surface area contributed by atoms with Crippen molar-refractivity contribution in [1.29, 1.82) is 0 Å². The molecule has 7 heteroatoms. The van der Waals surface area contributed by atoms with Crippen molar-refractivity contribution in [2.24, 2.45) is 0 Å². The second-order valence-electron chi connectivity index (χ2n) is 4.44. The minimum absolute atomic E-state index is 0.0303. The number of amides is 1. The maximum atomic E-state index is 14.0. The molecule has 0 aromatic heterocycles. The lowest BCUT2D eigenvalue weighted by molar-refractivity contribution is -0.113. The number of hydrogen-bond acceptors (Lipinski definition) is 4. The molecule has 1 aliphatic heterocycles. The molecule has 0 radical (unpaired) electrons. The molecule has 22 heavy (non-hydrogen) atoms. The van der Waals surface area contributed by atoms with E-state index in [-0.39, 0.29) is 18.4 Å². The number of carbonyl (C=O) groups is 1. The molecule has 0 saturated carbocycles. The van der Waals surface area contributed by atoms with Crippen molar-refractivity contribution >= 4 is 23.2 Å². The number of benzene rings is 2. The van der Waals surface area contributed by atoms with Gasteiger partial charge in [0, 0.05) is 17.8 Å². The maximum Gasteiger partial charge on any atom is 0.239 e. The molecule has 5 nitrogen and oxygen atoms in total. The molecule has 114 valence electrons. The Morgan fingerprint density at radius 3 is 2.82 bits per heavy atom. The van der Waals surface area contributed by atoms with Gasteiger partial charge < -0.3 is 19.5 Å². The predicted molar refractivity (Wildman–Crippen MR) is 78.4 cm³/mol. The lowest BCUT2D eigenvalue weighted by atomic mass is 10.2. The molecule has 1 amide bonds. The fraction of sp³-hybridized carbons (Fsp3) is 0.133. The molecule has 0 spiro atoms. The van der Waals surface area contributed by atoms with Gasteiger partial charge in [0.05, 0.1) is 0 Å². The van der Waals surface area contributed by atoms with Gasteiger partial charge in [0.25, 0.3) is 0 Å². The summed E-state index contributed by atoms with van der Waals surface area (Å²) in [6.07, 6.45) is 0. The standard InChI is InChI=1S/C15H11ClFNO4/c16-7-15(19)18-9-1-3-12(11(17)5-9)22-10-2-4-13-14(6-10)21-8-20-13/h1-6H,7-8H2,(H,18,19).